The molecule has 0 spiro atoms. The number of aliphatic hydroxyl groups excluding tert-OH is 1. The predicted octanol–water partition coefficient (Wildman–Crippen LogP) is 3.51. The first-order chi connectivity index (χ1) is 15.0. The van der Waals surface area contributed by atoms with Crippen LogP contribution in [0.5, 0.6) is 0 Å². The number of carbonyl (C=O) groups excluding carboxylic acids is 1. The number of aliphatic hydroxyl groups is 1. The second kappa shape index (κ2) is 9.32. The molecule has 0 bridgehead atoms. The fourth-order valence-electron chi connectivity index (χ4n) is 4.53. The van der Waals surface area contributed by atoms with Crippen LogP contribution < -0.4 is 9.80 Å². The van der Waals surface area contributed by atoms with E-state index < -0.39 is 17.7 Å². The molecule has 1 fully saturated rings. The Morgan fingerprint density at radius 3 is 2.48 bits per heavy atom. The maximum absolute atomic E-state index is 14.0. The van der Waals surface area contributed by atoms with E-state index in [0.29, 0.717) is 44.8 Å². The van der Waals surface area contributed by atoms with Crippen LogP contribution in [-0.4, -0.2) is 55.2 Å². The van der Waals surface area contributed by atoms with Gasteiger partial charge in [-0.3, -0.25) is 9.69 Å². The summed E-state index contributed by atoms with van der Waals surface area (Å²) in [4.78, 5) is 18.1. The molecule has 7 heteroatoms. The molecule has 2 aromatic rings. The average Bonchev–Trinajstić information content (AvgIpc) is 2.78. The van der Waals surface area contributed by atoms with Crippen LogP contribution in [-0.2, 0) is 11.2 Å². The largest absolute Gasteiger partial charge is 0.387 e. The summed E-state index contributed by atoms with van der Waals surface area (Å²) in [5, 5.41) is 10.8. The molecule has 0 aromatic heterocycles. The lowest BCUT2D eigenvalue weighted by Gasteiger charge is -2.37. The van der Waals surface area contributed by atoms with Gasteiger partial charge in [0.2, 0.25) is 5.91 Å². The number of rotatable bonds is 5. The fraction of sp³-hybridized carbons (Fsp3) is 0.458. The summed E-state index contributed by atoms with van der Waals surface area (Å²) in [6.07, 6.45) is 1.69. The highest BCUT2D eigenvalue weighted by atomic mass is 19.1. The molecule has 4 rings (SSSR count). The Morgan fingerprint density at radius 2 is 1.77 bits per heavy atom. The lowest BCUT2D eigenvalue weighted by molar-refractivity contribution is -0.118. The van der Waals surface area contributed by atoms with Crippen LogP contribution >= 0.6 is 0 Å². The highest BCUT2D eigenvalue weighted by Gasteiger charge is 2.25. The number of hydrogen-bond acceptors (Lipinski definition) is 4. The monoisotopic (exact) mass is 429 g/mol. The number of hydrogen-bond donors (Lipinski definition) is 1. The van der Waals surface area contributed by atoms with Crippen molar-refractivity contribution in [1.29, 1.82) is 0 Å². The summed E-state index contributed by atoms with van der Waals surface area (Å²) in [5.41, 5.74) is 3.35. The van der Waals surface area contributed by atoms with Crippen molar-refractivity contribution in [2.45, 2.75) is 32.3 Å². The number of amides is 1. The molecule has 1 amide bonds. The topological polar surface area (TPSA) is 47.0 Å². The Bertz CT molecular complexity index is 944. The third-order valence-corrected chi connectivity index (χ3v) is 6.26. The standard InChI is InChI=1S/C24H29F2N3O2/c1-2-24(31)29-9-3-4-17-14-18(5-7-21(17)29)23(30)16-27-10-12-28(13-11-27)22-8-6-19(25)15-20(22)26/h5-8,14-15,23,30H,2-4,9-13,16H2,1H3. The lowest BCUT2D eigenvalue weighted by atomic mass is 9.96. The Kier molecular flexibility index (Phi) is 6.53. The van der Waals surface area contributed by atoms with Crippen molar-refractivity contribution in [3.63, 3.8) is 0 Å². The number of nitrogens with zero attached hydrogens (tertiary/aromatic N) is 3. The van der Waals surface area contributed by atoms with Gasteiger partial charge in [0.25, 0.3) is 0 Å². The van der Waals surface area contributed by atoms with Crippen LogP contribution in [0.15, 0.2) is 36.4 Å². The molecule has 166 valence electrons. The van der Waals surface area contributed by atoms with Gasteiger partial charge in [0.15, 0.2) is 0 Å². The van der Waals surface area contributed by atoms with Crippen LogP contribution in [0.25, 0.3) is 0 Å². The van der Waals surface area contributed by atoms with Crippen molar-refractivity contribution in [2.75, 3.05) is 49.1 Å². The van der Waals surface area contributed by atoms with Crippen LogP contribution in [0.4, 0.5) is 20.2 Å². The first kappa shape index (κ1) is 21.7. The summed E-state index contributed by atoms with van der Waals surface area (Å²) in [5.74, 6) is -0.988. The molecule has 2 aliphatic heterocycles. The molecule has 1 N–H and O–H groups in total. The van der Waals surface area contributed by atoms with E-state index in [1.54, 1.807) is 0 Å². The quantitative estimate of drug-likeness (QED) is 0.790. The maximum Gasteiger partial charge on any atom is 0.226 e. The molecule has 2 aliphatic rings. The number of piperazine rings is 1. The smallest absolute Gasteiger partial charge is 0.226 e. The zero-order chi connectivity index (χ0) is 22.0. The second-order valence-electron chi connectivity index (χ2n) is 8.29. The molecule has 2 aromatic carbocycles. The summed E-state index contributed by atoms with van der Waals surface area (Å²) in [7, 11) is 0. The minimum absolute atomic E-state index is 0.129. The summed E-state index contributed by atoms with van der Waals surface area (Å²) in [6.45, 7) is 5.74. The number of carbonyl (C=O) groups is 1. The fourth-order valence-corrected chi connectivity index (χ4v) is 4.53. The summed E-state index contributed by atoms with van der Waals surface area (Å²) in [6, 6.07) is 9.56. The van der Waals surface area contributed by atoms with Gasteiger partial charge in [0, 0.05) is 57.4 Å². The van der Waals surface area contributed by atoms with Crippen molar-refractivity contribution in [2.24, 2.45) is 0 Å². The van der Waals surface area contributed by atoms with Crippen molar-refractivity contribution in [3.05, 3.63) is 59.2 Å². The van der Waals surface area contributed by atoms with Gasteiger partial charge in [0.05, 0.1) is 11.8 Å². The zero-order valence-electron chi connectivity index (χ0n) is 17.9. The predicted molar refractivity (Wildman–Crippen MR) is 117 cm³/mol. The SMILES string of the molecule is CCC(=O)N1CCCc2cc(C(O)CN3CCN(c4ccc(F)cc4F)CC3)ccc21. The molecule has 31 heavy (non-hydrogen) atoms. The third kappa shape index (κ3) is 4.72. The van der Waals surface area contributed by atoms with E-state index >= 15 is 0 Å². The number of aryl methyl sites for hydroxylation is 1. The van der Waals surface area contributed by atoms with Crippen LogP contribution in [0.3, 0.4) is 0 Å². The molecule has 1 atom stereocenters. The average molecular weight is 430 g/mol. The van der Waals surface area contributed by atoms with Crippen LogP contribution in [0, 0.1) is 11.6 Å². The minimum Gasteiger partial charge on any atom is -0.387 e. The molecule has 0 radical (unpaired) electrons. The van der Waals surface area contributed by atoms with Crippen LogP contribution in [0.1, 0.15) is 37.0 Å². The van der Waals surface area contributed by atoms with Gasteiger partial charge in [-0.1, -0.05) is 19.1 Å². The lowest BCUT2D eigenvalue weighted by Crippen LogP contribution is -2.47. The summed E-state index contributed by atoms with van der Waals surface area (Å²) >= 11 is 0. The highest BCUT2D eigenvalue weighted by molar-refractivity contribution is 5.94. The van der Waals surface area contributed by atoms with Gasteiger partial charge >= 0.3 is 0 Å². The summed E-state index contributed by atoms with van der Waals surface area (Å²) < 4.78 is 27.2. The Balaban J connectivity index is 1.37. The minimum atomic E-state index is -0.628. The van der Waals surface area contributed by atoms with E-state index in [1.165, 1.54) is 12.1 Å². The van der Waals surface area contributed by atoms with Gasteiger partial charge in [0.1, 0.15) is 11.6 Å². The molecule has 1 unspecified atom stereocenters. The molecular formula is C24H29F2N3O2. The molecular weight excluding hydrogens is 400 g/mol. The second-order valence-corrected chi connectivity index (χ2v) is 8.29. The van der Waals surface area contributed by atoms with Crippen LogP contribution in [0.2, 0.25) is 0 Å². The van der Waals surface area contributed by atoms with Crippen molar-refractivity contribution >= 4 is 17.3 Å². The number of fused-ring (bicyclic) bond motifs is 1. The molecule has 1 saturated heterocycles. The Morgan fingerprint density at radius 1 is 1.03 bits per heavy atom. The number of benzene rings is 2. The highest BCUT2D eigenvalue weighted by Crippen LogP contribution is 2.31. The van der Waals surface area contributed by atoms with Gasteiger partial charge in [-0.25, -0.2) is 8.78 Å². The van der Waals surface area contributed by atoms with E-state index in [2.05, 4.69) is 4.90 Å². The number of halogens is 2. The number of β-amino-alcohol motifs (C(OH)–C–C–N with tert-alkyl or cyclic N) is 1. The molecule has 0 saturated carbocycles. The molecule has 2 heterocycles. The first-order valence-corrected chi connectivity index (χ1v) is 11.0. The van der Waals surface area contributed by atoms with Gasteiger partial charge in [-0.2, -0.15) is 0 Å². The van der Waals surface area contributed by atoms with E-state index in [-0.39, 0.29) is 5.91 Å². The third-order valence-electron chi connectivity index (χ3n) is 6.26. The maximum atomic E-state index is 14.0. The van der Waals surface area contributed by atoms with E-state index in [9.17, 15) is 18.7 Å². The van der Waals surface area contributed by atoms with E-state index in [0.717, 1.165) is 42.3 Å². The number of anilines is 2. The van der Waals surface area contributed by atoms with Gasteiger partial charge in [-0.05, 0) is 42.2 Å². The zero-order valence-corrected chi connectivity index (χ0v) is 17.9. The van der Waals surface area contributed by atoms with Crippen molar-refractivity contribution in [3.8, 4) is 0 Å². The van der Waals surface area contributed by atoms with Crippen molar-refractivity contribution < 1.29 is 18.7 Å². The van der Waals surface area contributed by atoms with Gasteiger partial charge in [-0.15, -0.1) is 0 Å². The van der Waals surface area contributed by atoms with Crippen molar-refractivity contribution in [1.82, 2.24) is 4.90 Å². The van der Waals surface area contributed by atoms with E-state index in [1.807, 2.05) is 34.9 Å². The Labute approximate surface area is 181 Å². The van der Waals surface area contributed by atoms with Gasteiger partial charge < -0.3 is 14.9 Å². The van der Waals surface area contributed by atoms with E-state index in [4.69, 9.17) is 0 Å². The normalized spacial score (nSPS) is 18.1. The molecule has 5 nitrogen and oxygen atoms in total. The Hall–Kier alpha value is -2.51. The first-order valence-electron chi connectivity index (χ1n) is 11.0. The molecule has 0 aliphatic carbocycles.